The molecule has 1 saturated heterocycles. The van der Waals surface area contributed by atoms with E-state index in [0.29, 0.717) is 0 Å². The van der Waals surface area contributed by atoms with Crippen LogP contribution in [-0.4, -0.2) is 25.0 Å². The van der Waals surface area contributed by atoms with Crippen molar-refractivity contribution in [1.82, 2.24) is 0 Å². The van der Waals surface area contributed by atoms with Gasteiger partial charge in [-0.15, -0.1) is 0 Å². The van der Waals surface area contributed by atoms with Crippen molar-refractivity contribution >= 4 is 0 Å². The quantitative estimate of drug-likeness (QED) is 0.604. The average Bonchev–Trinajstić information content (AvgIpc) is 2.26. The summed E-state index contributed by atoms with van der Waals surface area (Å²) in [6.45, 7) is 2.55. The molecule has 0 N–H and O–H groups in total. The molecule has 0 aliphatic carbocycles. The molecule has 1 unspecified atom stereocenters. The molecule has 0 aromatic rings. The number of rotatable bonds is 1. The highest BCUT2D eigenvalue weighted by Gasteiger charge is 2.67. The van der Waals surface area contributed by atoms with Crippen LogP contribution < -0.4 is 0 Å². The maximum atomic E-state index is 12.3. The molecule has 1 rings (SSSR count). The number of alkyl halides is 3. The Bertz CT molecular complexity index is 203. The van der Waals surface area contributed by atoms with Gasteiger partial charge in [-0.1, -0.05) is 0 Å². The summed E-state index contributed by atoms with van der Waals surface area (Å²) in [5, 5.41) is 0. The molecule has 1 aliphatic rings. The number of hydrogen-bond donors (Lipinski definition) is 0. The van der Waals surface area contributed by atoms with E-state index in [1.807, 2.05) is 0 Å². The van der Waals surface area contributed by atoms with Crippen LogP contribution in [0.1, 0.15) is 13.8 Å². The first-order chi connectivity index (χ1) is 5.72. The van der Waals surface area contributed by atoms with Crippen molar-refractivity contribution in [1.29, 1.82) is 0 Å². The molecule has 1 atom stereocenters. The Morgan fingerprint density at radius 1 is 1.15 bits per heavy atom. The Hall–Kier alpha value is -0.370. The first-order valence-corrected chi connectivity index (χ1v) is 3.41. The van der Waals surface area contributed by atoms with E-state index >= 15 is 0 Å². The Morgan fingerprint density at radius 2 is 1.69 bits per heavy atom. The van der Waals surface area contributed by atoms with Gasteiger partial charge in [0.05, 0.1) is 0 Å². The van der Waals surface area contributed by atoms with Gasteiger partial charge < -0.3 is 4.74 Å². The minimum absolute atomic E-state index is 0.818. The minimum Gasteiger partial charge on any atom is -0.322 e. The second-order valence-corrected chi connectivity index (χ2v) is 2.93. The minimum atomic E-state index is -4.81. The summed E-state index contributed by atoms with van der Waals surface area (Å²) in [7, 11) is 0.818. The van der Waals surface area contributed by atoms with Crippen molar-refractivity contribution < 1.29 is 32.4 Å². The number of hydrogen-bond acceptors (Lipinski definition) is 4. The molecule has 0 saturated carbocycles. The summed E-state index contributed by atoms with van der Waals surface area (Å²) < 4.78 is 45.5. The number of ether oxygens (including phenoxy) is 2. The van der Waals surface area contributed by atoms with Crippen LogP contribution in [-0.2, 0) is 19.2 Å². The highest BCUT2D eigenvalue weighted by molar-refractivity contribution is 4.73. The normalized spacial score (nSPS) is 33.7. The first-order valence-electron chi connectivity index (χ1n) is 3.41. The lowest BCUT2D eigenvalue weighted by atomic mass is 10.4. The van der Waals surface area contributed by atoms with E-state index in [-0.39, 0.29) is 0 Å². The first kappa shape index (κ1) is 10.7. The topological polar surface area (TPSA) is 36.9 Å². The Morgan fingerprint density at radius 3 is 1.85 bits per heavy atom. The maximum Gasteiger partial charge on any atom is 0.475 e. The molecular formula is C6H9F3O4. The van der Waals surface area contributed by atoms with E-state index in [4.69, 9.17) is 0 Å². The van der Waals surface area contributed by atoms with Crippen molar-refractivity contribution in [3.8, 4) is 0 Å². The fourth-order valence-corrected chi connectivity index (χ4v) is 0.809. The zero-order valence-corrected chi connectivity index (χ0v) is 7.27. The fourth-order valence-electron chi connectivity index (χ4n) is 0.809. The summed E-state index contributed by atoms with van der Waals surface area (Å²) in [6.07, 6.45) is -4.81. The molecule has 78 valence electrons. The van der Waals surface area contributed by atoms with Crippen molar-refractivity contribution in [2.45, 2.75) is 31.8 Å². The van der Waals surface area contributed by atoms with E-state index in [9.17, 15) is 13.2 Å². The molecule has 0 amide bonds. The van der Waals surface area contributed by atoms with Gasteiger partial charge in [0.15, 0.2) is 0 Å². The second-order valence-electron chi connectivity index (χ2n) is 2.93. The van der Waals surface area contributed by atoms with E-state index < -0.39 is 17.9 Å². The van der Waals surface area contributed by atoms with Crippen molar-refractivity contribution in [3.63, 3.8) is 0 Å². The molecule has 1 heterocycles. The van der Waals surface area contributed by atoms with Crippen LogP contribution in [0.5, 0.6) is 0 Å². The Kier molecular flexibility index (Phi) is 2.31. The van der Waals surface area contributed by atoms with E-state index in [1.165, 1.54) is 13.8 Å². The number of methoxy groups -OCH3 is 1. The molecule has 0 spiro atoms. The maximum absolute atomic E-state index is 12.3. The predicted octanol–water partition coefficient (Wildman–Crippen LogP) is 1.56. The molecule has 0 aromatic carbocycles. The molecule has 7 heteroatoms. The third kappa shape index (κ3) is 1.78. The van der Waals surface area contributed by atoms with E-state index in [1.54, 1.807) is 0 Å². The van der Waals surface area contributed by atoms with Crippen LogP contribution in [0.15, 0.2) is 0 Å². The van der Waals surface area contributed by atoms with Crippen LogP contribution in [0.2, 0.25) is 0 Å². The largest absolute Gasteiger partial charge is 0.475 e. The Labute approximate surface area is 72.4 Å². The summed E-state index contributed by atoms with van der Waals surface area (Å²) in [5.74, 6) is -4.60. The smallest absolute Gasteiger partial charge is 0.322 e. The molecule has 13 heavy (non-hydrogen) atoms. The van der Waals surface area contributed by atoms with Gasteiger partial charge >= 0.3 is 12.1 Å². The fraction of sp³-hybridized carbons (Fsp3) is 1.00. The van der Waals surface area contributed by atoms with E-state index in [0.717, 1.165) is 7.11 Å². The lowest BCUT2D eigenvalue weighted by molar-refractivity contribution is -0.492. The summed E-state index contributed by atoms with van der Waals surface area (Å²) in [6, 6.07) is 0. The molecule has 0 aromatic heterocycles. The van der Waals surface area contributed by atoms with Crippen LogP contribution in [0.4, 0.5) is 13.2 Å². The summed E-state index contributed by atoms with van der Waals surface area (Å²) >= 11 is 0. The third-order valence-electron chi connectivity index (χ3n) is 1.35. The standard InChI is InChI=1S/C6H9F3O4/c1-4(2)11-6(10-3,13-12-4)5(7,8)9/h1-3H3. The van der Waals surface area contributed by atoms with Gasteiger partial charge in [-0.2, -0.15) is 22.9 Å². The molecule has 4 nitrogen and oxygen atoms in total. The van der Waals surface area contributed by atoms with E-state index in [2.05, 4.69) is 19.2 Å². The van der Waals surface area contributed by atoms with Gasteiger partial charge in [0.25, 0.3) is 0 Å². The zero-order chi connectivity index (χ0) is 10.3. The van der Waals surface area contributed by atoms with Crippen LogP contribution in [0.25, 0.3) is 0 Å². The molecular weight excluding hydrogens is 193 g/mol. The van der Waals surface area contributed by atoms with Crippen LogP contribution in [0, 0.1) is 0 Å². The van der Waals surface area contributed by atoms with Crippen LogP contribution >= 0.6 is 0 Å². The monoisotopic (exact) mass is 202 g/mol. The van der Waals surface area contributed by atoms with Crippen molar-refractivity contribution in [2.24, 2.45) is 0 Å². The van der Waals surface area contributed by atoms with Gasteiger partial charge in [-0.05, 0) is 13.8 Å². The predicted molar refractivity (Wildman–Crippen MR) is 33.1 cm³/mol. The van der Waals surface area contributed by atoms with Gasteiger partial charge in [0.1, 0.15) is 0 Å². The zero-order valence-electron chi connectivity index (χ0n) is 7.27. The van der Waals surface area contributed by atoms with Crippen LogP contribution in [0.3, 0.4) is 0 Å². The van der Waals surface area contributed by atoms with Crippen molar-refractivity contribution in [3.05, 3.63) is 0 Å². The molecule has 1 fully saturated rings. The third-order valence-corrected chi connectivity index (χ3v) is 1.35. The molecule has 0 radical (unpaired) electrons. The van der Waals surface area contributed by atoms with Gasteiger partial charge in [0.2, 0.25) is 5.79 Å². The molecule has 1 aliphatic heterocycles. The van der Waals surface area contributed by atoms with Gasteiger partial charge in [0, 0.05) is 7.11 Å². The van der Waals surface area contributed by atoms with Gasteiger partial charge in [-0.3, -0.25) is 4.74 Å². The number of halogens is 3. The SMILES string of the molecule is COC1(C(F)(F)F)OOC(C)(C)O1. The summed E-state index contributed by atoms with van der Waals surface area (Å²) in [5.41, 5.74) is 0. The second kappa shape index (κ2) is 2.81. The Balaban J connectivity index is 2.87. The highest BCUT2D eigenvalue weighted by atomic mass is 19.4. The molecule has 0 bridgehead atoms. The van der Waals surface area contributed by atoms with Crippen molar-refractivity contribution in [2.75, 3.05) is 7.11 Å². The highest BCUT2D eigenvalue weighted by Crippen LogP contribution is 2.43. The van der Waals surface area contributed by atoms with Gasteiger partial charge in [-0.25, -0.2) is 0 Å². The summed E-state index contributed by atoms with van der Waals surface area (Å²) in [4.78, 5) is 8.31. The lowest BCUT2D eigenvalue weighted by Crippen LogP contribution is -2.49. The average molecular weight is 202 g/mol. The lowest BCUT2D eigenvalue weighted by Gasteiger charge is -2.25.